The van der Waals surface area contributed by atoms with Gasteiger partial charge in [0.25, 0.3) is 0 Å². The number of esters is 1. The minimum absolute atomic E-state index is 0.0475. The molecule has 1 rings (SSSR count). The molecule has 0 unspecified atom stereocenters. The summed E-state index contributed by atoms with van der Waals surface area (Å²) in [4.78, 5) is 11.4. The number of alkyl halides is 3. The molecule has 19 heavy (non-hydrogen) atoms. The zero-order chi connectivity index (χ0) is 14.6. The van der Waals surface area contributed by atoms with Crippen LogP contribution in [0.15, 0.2) is 12.1 Å². The van der Waals surface area contributed by atoms with Crippen molar-refractivity contribution >= 4 is 17.6 Å². The number of benzene rings is 1. The van der Waals surface area contributed by atoms with Crippen LogP contribution < -0.4 is 4.74 Å². The Morgan fingerprint density at radius 2 is 2.11 bits per heavy atom. The summed E-state index contributed by atoms with van der Waals surface area (Å²) in [5.41, 5.74) is -0.739. The molecule has 1 aromatic carbocycles. The Morgan fingerprint density at radius 3 is 2.58 bits per heavy atom. The van der Waals surface area contributed by atoms with E-state index in [0.29, 0.717) is 0 Å². The fourth-order valence-electron chi connectivity index (χ4n) is 1.23. The number of rotatable bonds is 3. The molecule has 1 aromatic rings. The first kappa shape index (κ1) is 15.1. The molecular weight excluding hydrogens is 287 g/mol. The summed E-state index contributed by atoms with van der Waals surface area (Å²) in [7, 11) is 0. The van der Waals surface area contributed by atoms with Crippen molar-refractivity contribution in [1.29, 1.82) is 5.26 Å². The van der Waals surface area contributed by atoms with Gasteiger partial charge in [0.15, 0.2) is 0 Å². The van der Waals surface area contributed by atoms with Crippen molar-refractivity contribution in [2.75, 3.05) is 6.61 Å². The second-order valence-corrected chi connectivity index (χ2v) is 3.62. The molecule has 0 spiro atoms. The van der Waals surface area contributed by atoms with Crippen molar-refractivity contribution in [3.05, 3.63) is 28.3 Å². The second-order valence-electron chi connectivity index (χ2n) is 3.21. The van der Waals surface area contributed by atoms with Gasteiger partial charge >= 0.3 is 12.3 Å². The highest BCUT2D eigenvalue weighted by molar-refractivity contribution is 6.32. The maximum atomic E-state index is 12.2. The van der Waals surface area contributed by atoms with E-state index in [1.165, 1.54) is 13.0 Å². The van der Waals surface area contributed by atoms with Crippen LogP contribution in [0.1, 0.15) is 22.8 Å². The van der Waals surface area contributed by atoms with Gasteiger partial charge in [-0.3, -0.25) is 0 Å². The topological polar surface area (TPSA) is 59.3 Å². The van der Waals surface area contributed by atoms with Crippen LogP contribution in [0.25, 0.3) is 0 Å². The van der Waals surface area contributed by atoms with Gasteiger partial charge in [-0.05, 0) is 19.1 Å². The molecule has 0 aliphatic heterocycles. The van der Waals surface area contributed by atoms with E-state index in [2.05, 4.69) is 9.47 Å². The lowest BCUT2D eigenvalue weighted by molar-refractivity contribution is -0.274. The number of carbonyl (C=O) groups excluding carboxylic acids is 1. The number of hydrogen-bond donors (Lipinski definition) is 0. The largest absolute Gasteiger partial charge is 0.573 e. The highest BCUT2D eigenvalue weighted by Gasteiger charge is 2.33. The number of nitriles is 1. The number of carbonyl (C=O) groups is 1. The van der Waals surface area contributed by atoms with Crippen LogP contribution in [-0.4, -0.2) is 18.9 Å². The van der Waals surface area contributed by atoms with Crippen molar-refractivity contribution in [2.24, 2.45) is 0 Å². The number of nitrogens with zero attached hydrogens (tertiary/aromatic N) is 1. The van der Waals surface area contributed by atoms with Gasteiger partial charge in [0, 0.05) is 0 Å². The third-order valence-corrected chi connectivity index (χ3v) is 2.20. The van der Waals surface area contributed by atoms with Crippen LogP contribution in [0.5, 0.6) is 5.75 Å². The number of halogens is 4. The Morgan fingerprint density at radius 1 is 1.47 bits per heavy atom. The molecule has 0 radical (unpaired) electrons. The minimum Gasteiger partial charge on any atom is -0.462 e. The molecule has 0 saturated carbocycles. The van der Waals surface area contributed by atoms with Gasteiger partial charge in [-0.1, -0.05) is 11.6 Å². The summed E-state index contributed by atoms with van der Waals surface area (Å²) in [6, 6.07) is 3.28. The Balaban J connectivity index is 3.27. The molecule has 4 nitrogen and oxygen atoms in total. The Hall–Kier alpha value is -1.94. The smallest absolute Gasteiger partial charge is 0.462 e. The highest BCUT2D eigenvalue weighted by atomic mass is 35.5. The summed E-state index contributed by atoms with van der Waals surface area (Å²) in [5, 5.41) is 8.40. The summed E-state index contributed by atoms with van der Waals surface area (Å²) in [5.74, 6) is -1.70. The van der Waals surface area contributed by atoms with Gasteiger partial charge < -0.3 is 9.47 Å². The van der Waals surface area contributed by atoms with Crippen LogP contribution in [0.4, 0.5) is 13.2 Å². The van der Waals surface area contributed by atoms with Gasteiger partial charge in [-0.15, -0.1) is 13.2 Å². The molecule has 0 bridgehead atoms. The van der Waals surface area contributed by atoms with E-state index in [1.54, 1.807) is 0 Å². The van der Waals surface area contributed by atoms with Crippen molar-refractivity contribution in [2.45, 2.75) is 13.3 Å². The maximum Gasteiger partial charge on any atom is 0.573 e. The maximum absolute atomic E-state index is 12.2. The average molecular weight is 294 g/mol. The predicted octanol–water partition coefficient (Wildman–Crippen LogP) is 3.29. The molecule has 102 valence electrons. The molecule has 0 fully saturated rings. The van der Waals surface area contributed by atoms with E-state index < -0.39 is 23.6 Å². The van der Waals surface area contributed by atoms with E-state index in [4.69, 9.17) is 16.9 Å². The third-order valence-electron chi connectivity index (χ3n) is 1.90. The van der Waals surface area contributed by atoms with E-state index in [0.717, 1.165) is 12.1 Å². The van der Waals surface area contributed by atoms with Crippen molar-refractivity contribution in [3.63, 3.8) is 0 Å². The molecular formula is C11H7ClF3NO3. The molecule has 8 heteroatoms. The van der Waals surface area contributed by atoms with Crippen LogP contribution >= 0.6 is 11.6 Å². The average Bonchev–Trinajstić information content (AvgIpc) is 2.26. The van der Waals surface area contributed by atoms with Gasteiger partial charge in [-0.25, -0.2) is 4.79 Å². The van der Waals surface area contributed by atoms with E-state index >= 15 is 0 Å². The standard InChI is InChI=1S/C11H7ClF3NO3/c1-2-18-10(17)6-3-8(12)7(5-16)9(4-6)19-11(13,14)15/h3-4H,2H2,1H3. The molecule has 0 amide bonds. The van der Waals surface area contributed by atoms with Gasteiger partial charge in [-0.2, -0.15) is 5.26 Å². The molecule has 0 atom stereocenters. The molecule has 0 N–H and O–H groups in total. The van der Waals surface area contributed by atoms with Crippen LogP contribution in [0.3, 0.4) is 0 Å². The third kappa shape index (κ3) is 4.03. The first-order valence-corrected chi connectivity index (χ1v) is 5.32. The van der Waals surface area contributed by atoms with Crippen LogP contribution in [0, 0.1) is 11.3 Å². The highest BCUT2D eigenvalue weighted by Crippen LogP contribution is 2.32. The van der Waals surface area contributed by atoms with E-state index in [-0.39, 0.29) is 17.2 Å². The van der Waals surface area contributed by atoms with Crippen LogP contribution in [-0.2, 0) is 4.74 Å². The minimum atomic E-state index is -5.00. The van der Waals surface area contributed by atoms with Gasteiger partial charge in [0.05, 0.1) is 17.2 Å². The quantitative estimate of drug-likeness (QED) is 0.802. The fourth-order valence-corrected chi connectivity index (χ4v) is 1.48. The number of ether oxygens (including phenoxy) is 2. The lowest BCUT2D eigenvalue weighted by Gasteiger charge is -2.12. The van der Waals surface area contributed by atoms with Crippen molar-refractivity contribution in [3.8, 4) is 11.8 Å². The van der Waals surface area contributed by atoms with E-state index in [9.17, 15) is 18.0 Å². The Labute approximate surface area is 111 Å². The SMILES string of the molecule is CCOC(=O)c1cc(Cl)c(C#N)c(OC(F)(F)F)c1. The summed E-state index contributed by atoms with van der Waals surface area (Å²) >= 11 is 5.63. The molecule has 0 saturated heterocycles. The first-order chi connectivity index (χ1) is 8.78. The van der Waals surface area contributed by atoms with Gasteiger partial charge in [0.2, 0.25) is 0 Å². The molecule has 0 aliphatic carbocycles. The Bertz CT molecular complexity index is 537. The van der Waals surface area contributed by atoms with Crippen LogP contribution in [0.2, 0.25) is 5.02 Å². The summed E-state index contributed by atoms with van der Waals surface area (Å²) in [6.45, 7) is 1.59. The fraction of sp³-hybridized carbons (Fsp3) is 0.273. The van der Waals surface area contributed by atoms with E-state index in [1.807, 2.05) is 0 Å². The zero-order valence-corrected chi connectivity index (χ0v) is 10.3. The Kier molecular flexibility index (Phi) is 4.62. The summed E-state index contributed by atoms with van der Waals surface area (Å²) in [6.07, 6.45) is -5.00. The molecule has 0 aromatic heterocycles. The lowest BCUT2D eigenvalue weighted by atomic mass is 10.1. The van der Waals surface area contributed by atoms with Crippen molar-refractivity contribution < 1.29 is 27.4 Å². The van der Waals surface area contributed by atoms with Gasteiger partial charge in [0.1, 0.15) is 17.4 Å². The molecule has 0 heterocycles. The predicted molar refractivity (Wildman–Crippen MR) is 58.8 cm³/mol. The lowest BCUT2D eigenvalue weighted by Crippen LogP contribution is -2.18. The number of hydrogen-bond acceptors (Lipinski definition) is 4. The van der Waals surface area contributed by atoms with Crippen molar-refractivity contribution in [1.82, 2.24) is 0 Å². The normalized spacial score (nSPS) is 10.7. The summed E-state index contributed by atoms with van der Waals surface area (Å²) < 4.78 is 44.8. The second kappa shape index (κ2) is 5.80. The monoisotopic (exact) mass is 293 g/mol. The first-order valence-electron chi connectivity index (χ1n) is 4.95. The zero-order valence-electron chi connectivity index (χ0n) is 9.55. The molecule has 0 aliphatic rings.